The van der Waals surface area contributed by atoms with Crippen LogP contribution in [0.5, 0.6) is 0 Å². The van der Waals surface area contributed by atoms with Crippen molar-refractivity contribution in [3.63, 3.8) is 0 Å². The third-order valence-electron chi connectivity index (χ3n) is 7.36. The summed E-state index contributed by atoms with van der Waals surface area (Å²) >= 11 is 0. The van der Waals surface area contributed by atoms with Crippen molar-refractivity contribution in [2.24, 2.45) is 35.0 Å². The molecule has 2 aliphatic rings. The Balaban J connectivity index is 1.87. The summed E-state index contributed by atoms with van der Waals surface area (Å²) in [4.78, 5) is 0. The van der Waals surface area contributed by atoms with Crippen LogP contribution in [0.3, 0.4) is 0 Å². The zero-order chi connectivity index (χ0) is 23.5. The summed E-state index contributed by atoms with van der Waals surface area (Å²) in [6.45, 7) is 11.3. The number of hydrogen-bond acceptors (Lipinski definition) is 1. The summed E-state index contributed by atoms with van der Waals surface area (Å²) in [5.74, 6) is 0.101. The SMILES string of the molecule is CC(C)CC(C1C=CC(C(O)CCCC2C(F)C(F)C(F)C(F)C2F)CC1)C(C)(C)C. The van der Waals surface area contributed by atoms with Crippen molar-refractivity contribution in [3.05, 3.63) is 12.2 Å². The molecular weight excluding hydrogens is 411 g/mol. The van der Waals surface area contributed by atoms with Crippen molar-refractivity contribution in [3.8, 4) is 0 Å². The number of alkyl halides is 5. The predicted octanol–water partition coefficient (Wildman–Crippen LogP) is 7.13. The molecule has 1 N–H and O–H groups in total. The summed E-state index contributed by atoms with van der Waals surface area (Å²) < 4.78 is 68.4. The average Bonchev–Trinajstić information content (AvgIpc) is 2.70. The Morgan fingerprint density at radius 2 is 1.32 bits per heavy atom. The van der Waals surface area contributed by atoms with Crippen LogP contribution < -0.4 is 0 Å². The lowest BCUT2D eigenvalue weighted by atomic mass is 9.66. The van der Waals surface area contributed by atoms with E-state index in [4.69, 9.17) is 0 Å². The molecule has 182 valence electrons. The van der Waals surface area contributed by atoms with E-state index in [0.29, 0.717) is 24.2 Å². The van der Waals surface area contributed by atoms with Gasteiger partial charge in [0.25, 0.3) is 0 Å². The Hall–Kier alpha value is -0.650. The van der Waals surface area contributed by atoms with Gasteiger partial charge in [-0.15, -0.1) is 0 Å². The van der Waals surface area contributed by atoms with Gasteiger partial charge < -0.3 is 5.11 Å². The monoisotopic (exact) mass is 452 g/mol. The van der Waals surface area contributed by atoms with E-state index < -0.39 is 42.9 Å². The van der Waals surface area contributed by atoms with Crippen LogP contribution in [0.2, 0.25) is 0 Å². The second kappa shape index (κ2) is 11.0. The molecule has 1 saturated carbocycles. The van der Waals surface area contributed by atoms with E-state index in [1.54, 1.807) is 0 Å². The van der Waals surface area contributed by atoms with Gasteiger partial charge >= 0.3 is 0 Å². The summed E-state index contributed by atoms with van der Waals surface area (Å²) in [5, 5.41) is 10.6. The van der Waals surface area contributed by atoms with E-state index in [2.05, 4.69) is 46.8 Å². The fraction of sp³-hybridized carbons (Fsp3) is 0.920. The number of aliphatic hydroxyl groups excluding tert-OH is 1. The second-order valence-electron chi connectivity index (χ2n) is 11.3. The van der Waals surface area contributed by atoms with E-state index in [-0.39, 0.29) is 24.2 Å². The highest BCUT2D eigenvalue weighted by atomic mass is 19.2. The maximum Gasteiger partial charge on any atom is 0.168 e. The number of aliphatic hydroxyl groups is 1. The topological polar surface area (TPSA) is 20.2 Å². The van der Waals surface area contributed by atoms with Gasteiger partial charge in [-0.3, -0.25) is 0 Å². The minimum absolute atomic E-state index is 0.0253. The van der Waals surface area contributed by atoms with Crippen LogP contribution in [0, 0.1) is 35.0 Å². The zero-order valence-electron chi connectivity index (χ0n) is 19.6. The molecule has 0 saturated heterocycles. The molecule has 0 aromatic carbocycles. The Morgan fingerprint density at radius 1 is 0.839 bits per heavy atom. The first-order chi connectivity index (χ1) is 14.3. The van der Waals surface area contributed by atoms with Crippen LogP contribution in [-0.2, 0) is 0 Å². The lowest BCUT2D eigenvalue weighted by molar-refractivity contribution is -0.0913. The number of rotatable bonds is 8. The van der Waals surface area contributed by atoms with Gasteiger partial charge in [-0.2, -0.15) is 0 Å². The van der Waals surface area contributed by atoms with Gasteiger partial charge in [0.1, 0.15) is 12.3 Å². The van der Waals surface area contributed by atoms with Crippen molar-refractivity contribution in [1.82, 2.24) is 0 Å². The summed E-state index contributed by atoms with van der Waals surface area (Å²) in [6, 6.07) is 0. The molecule has 2 aliphatic carbocycles. The van der Waals surface area contributed by atoms with Crippen LogP contribution >= 0.6 is 0 Å². The smallest absolute Gasteiger partial charge is 0.168 e. The zero-order valence-corrected chi connectivity index (χ0v) is 19.6. The van der Waals surface area contributed by atoms with Crippen LogP contribution in [0.4, 0.5) is 22.0 Å². The van der Waals surface area contributed by atoms with Crippen molar-refractivity contribution in [2.75, 3.05) is 0 Å². The summed E-state index contributed by atoms with van der Waals surface area (Å²) in [5.41, 5.74) is 0.192. The molecule has 0 aromatic heterocycles. The first-order valence-corrected chi connectivity index (χ1v) is 11.9. The van der Waals surface area contributed by atoms with Gasteiger partial charge in [0.05, 0.1) is 6.10 Å². The molecular formula is C25H41F5O. The molecule has 1 fully saturated rings. The minimum Gasteiger partial charge on any atom is -0.393 e. The van der Waals surface area contributed by atoms with E-state index in [1.807, 2.05) is 0 Å². The second-order valence-corrected chi connectivity index (χ2v) is 11.3. The van der Waals surface area contributed by atoms with Crippen LogP contribution in [0.1, 0.15) is 73.1 Å². The molecule has 0 bridgehead atoms. The van der Waals surface area contributed by atoms with Crippen LogP contribution in [-0.4, -0.2) is 42.1 Å². The van der Waals surface area contributed by atoms with E-state index in [0.717, 1.165) is 19.3 Å². The standard InChI is InChI=1S/C25H41F5O/c1-14(2)13-18(25(3,4)5)15-9-11-16(12-10-15)19(31)8-6-7-17-20(26)22(28)24(30)23(29)21(17)27/h9,11,14-24,31H,6-8,10,12-13H2,1-5H3. The summed E-state index contributed by atoms with van der Waals surface area (Å²) in [7, 11) is 0. The molecule has 2 rings (SSSR count). The fourth-order valence-corrected chi connectivity index (χ4v) is 5.47. The largest absolute Gasteiger partial charge is 0.393 e. The summed E-state index contributed by atoms with van der Waals surface area (Å²) in [6.07, 6.45) is -5.66. The molecule has 0 spiro atoms. The predicted molar refractivity (Wildman–Crippen MR) is 116 cm³/mol. The Morgan fingerprint density at radius 3 is 1.77 bits per heavy atom. The first kappa shape index (κ1) is 26.6. The molecule has 6 heteroatoms. The number of halogens is 5. The van der Waals surface area contributed by atoms with Crippen LogP contribution in [0.25, 0.3) is 0 Å². The highest BCUT2D eigenvalue weighted by Gasteiger charge is 2.53. The van der Waals surface area contributed by atoms with E-state index in [9.17, 15) is 27.1 Å². The first-order valence-electron chi connectivity index (χ1n) is 11.9. The van der Waals surface area contributed by atoms with Gasteiger partial charge in [-0.1, -0.05) is 53.2 Å². The molecule has 8 atom stereocenters. The molecule has 0 amide bonds. The van der Waals surface area contributed by atoms with Gasteiger partial charge in [-0.05, 0) is 55.3 Å². The van der Waals surface area contributed by atoms with Crippen molar-refractivity contribution in [1.29, 1.82) is 0 Å². The van der Waals surface area contributed by atoms with Gasteiger partial charge in [-0.25, -0.2) is 22.0 Å². The van der Waals surface area contributed by atoms with Gasteiger partial charge in [0, 0.05) is 11.8 Å². The average molecular weight is 453 g/mol. The highest BCUT2D eigenvalue weighted by molar-refractivity contribution is 5.04. The van der Waals surface area contributed by atoms with Gasteiger partial charge in [0.15, 0.2) is 18.5 Å². The normalized spacial score (nSPS) is 39.0. The van der Waals surface area contributed by atoms with Crippen LogP contribution in [0.15, 0.2) is 12.2 Å². The molecule has 0 radical (unpaired) electrons. The molecule has 0 heterocycles. The fourth-order valence-electron chi connectivity index (χ4n) is 5.47. The van der Waals surface area contributed by atoms with E-state index in [1.165, 1.54) is 0 Å². The third kappa shape index (κ3) is 6.68. The lowest BCUT2D eigenvalue weighted by Gasteiger charge is -2.40. The molecule has 0 aromatic rings. The maximum absolute atomic E-state index is 14.0. The van der Waals surface area contributed by atoms with Crippen molar-refractivity contribution in [2.45, 2.75) is 110 Å². The highest BCUT2D eigenvalue weighted by Crippen LogP contribution is 2.43. The van der Waals surface area contributed by atoms with E-state index >= 15 is 0 Å². The molecule has 0 aliphatic heterocycles. The lowest BCUT2D eigenvalue weighted by Crippen LogP contribution is -2.53. The minimum atomic E-state index is -2.75. The Bertz CT molecular complexity index is 559. The number of hydrogen-bond donors (Lipinski definition) is 1. The molecule has 1 nitrogen and oxygen atoms in total. The number of allylic oxidation sites excluding steroid dienone is 1. The Labute approximate surface area is 184 Å². The maximum atomic E-state index is 14.0. The van der Waals surface area contributed by atoms with Crippen molar-refractivity contribution < 1.29 is 27.1 Å². The molecule has 8 unspecified atom stereocenters. The van der Waals surface area contributed by atoms with Gasteiger partial charge in [0.2, 0.25) is 0 Å². The Kier molecular flexibility index (Phi) is 9.42. The quantitative estimate of drug-likeness (QED) is 0.307. The van der Waals surface area contributed by atoms with Crippen molar-refractivity contribution >= 4 is 0 Å². The third-order valence-corrected chi connectivity index (χ3v) is 7.36. The molecule has 31 heavy (non-hydrogen) atoms.